The molecule has 1 N–H and O–H groups in total. The van der Waals surface area contributed by atoms with Crippen LogP contribution in [0.5, 0.6) is 5.75 Å². The summed E-state index contributed by atoms with van der Waals surface area (Å²) in [5.41, 5.74) is 2.62. The van der Waals surface area contributed by atoms with Gasteiger partial charge in [0.05, 0.1) is 16.9 Å². The van der Waals surface area contributed by atoms with E-state index in [1.165, 1.54) is 31.4 Å². The monoisotopic (exact) mass is 441 g/mol. The van der Waals surface area contributed by atoms with Gasteiger partial charge in [0, 0.05) is 11.8 Å². The van der Waals surface area contributed by atoms with E-state index >= 15 is 0 Å². The van der Waals surface area contributed by atoms with Gasteiger partial charge in [0.25, 0.3) is 11.1 Å². The van der Waals surface area contributed by atoms with Crippen LogP contribution in [0.4, 0.5) is 16.2 Å². The highest BCUT2D eigenvalue weighted by Crippen LogP contribution is 2.34. The summed E-state index contributed by atoms with van der Waals surface area (Å²) in [7, 11) is 1.32. The number of hydrogen-bond donors (Lipinski definition) is 1. The van der Waals surface area contributed by atoms with Crippen LogP contribution in [0.15, 0.2) is 41.3 Å². The molecule has 160 valence electrons. The number of anilines is 1. The Morgan fingerprint density at radius 3 is 2.48 bits per heavy atom. The van der Waals surface area contributed by atoms with E-state index in [2.05, 4.69) is 5.32 Å². The molecule has 1 heterocycles. The number of nitro groups is 1. The molecule has 0 spiro atoms. The summed E-state index contributed by atoms with van der Waals surface area (Å²) in [4.78, 5) is 48.8. The van der Waals surface area contributed by atoms with Crippen molar-refractivity contribution in [3.63, 3.8) is 0 Å². The maximum atomic E-state index is 12.6. The van der Waals surface area contributed by atoms with Gasteiger partial charge in [0.1, 0.15) is 6.54 Å². The van der Waals surface area contributed by atoms with E-state index < -0.39 is 28.5 Å². The number of methoxy groups -OCH3 is 1. The van der Waals surface area contributed by atoms with Crippen LogP contribution < -0.4 is 10.1 Å². The number of aryl methyl sites for hydroxylation is 2. The molecule has 3 amide bonds. The molecule has 3 rings (SSSR count). The van der Waals surface area contributed by atoms with Gasteiger partial charge in [-0.25, -0.2) is 0 Å². The lowest BCUT2D eigenvalue weighted by Gasteiger charge is -2.13. The third kappa shape index (κ3) is 5.10. The number of rotatable bonds is 6. The third-order valence-corrected chi connectivity index (χ3v) is 5.29. The van der Waals surface area contributed by atoms with Crippen LogP contribution in [0.3, 0.4) is 0 Å². The van der Waals surface area contributed by atoms with Crippen molar-refractivity contribution in [2.75, 3.05) is 19.0 Å². The first kappa shape index (κ1) is 22.0. The normalized spacial score (nSPS) is 14.8. The van der Waals surface area contributed by atoms with E-state index in [9.17, 15) is 24.5 Å². The molecule has 10 heteroatoms. The number of carbonyl (C=O) groups is 3. The van der Waals surface area contributed by atoms with Crippen molar-refractivity contribution >= 4 is 46.3 Å². The number of carbonyl (C=O) groups excluding carboxylic acids is 3. The Bertz CT molecular complexity index is 1110. The highest BCUT2D eigenvalue weighted by molar-refractivity contribution is 8.18. The molecule has 1 aliphatic rings. The molecular formula is C21H19N3O6S. The Labute approximate surface area is 182 Å². The minimum Gasteiger partial charge on any atom is -0.490 e. The number of benzene rings is 2. The van der Waals surface area contributed by atoms with Crippen LogP contribution in [0.25, 0.3) is 6.08 Å². The maximum absolute atomic E-state index is 12.6. The SMILES string of the molecule is COc1ccc(/C=C2/SC(=O)N(CC(=O)Nc3cc(C)cc(C)c3)C2=O)cc1[N+](=O)[O-]. The summed E-state index contributed by atoms with van der Waals surface area (Å²) in [6.07, 6.45) is 1.37. The molecule has 1 aliphatic heterocycles. The van der Waals surface area contributed by atoms with Crippen molar-refractivity contribution < 1.29 is 24.0 Å². The number of ether oxygens (including phenoxy) is 1. The molecule has 1 saturated heterocycles. The van der Waals surface area contributed by atoms with Gasteiger partial charge in [0.2, 0.25) is 5.91 Å². The van der Waals surface area contributed by atoms with E-state index in [4.69, 9.17) is 4.74 Å². The van der Waals surface area contributed by atoms with Crippen molar-refractivity contribution in [3.8, 4) is 5.75 Å². The van der Waals surface area contributed by atoms with Gasteiger partial charge in [-0.05, 0) is 66.6 Å². The number of nitrogens with zero attached hydrogens (tertiary/aromatic N) is 2. The van der Waals surface area contributed by atoms with Crippen LogP contribution in [0.1, 0.15) is 16.7 Å². The molecule has 0 unspecified atom stereocenters. The van der Waals surface area contributed by atoms with Crippen molar-refractivity contribution in [1.82, 2.24) is 4.90 Å². The third-order valence-electron chi connectivity index (χ3n) is 4.38. The fraction of sp³-hybridized carbons (Fsp3) is 0.190. The standard InChI is InChI=1S/C21H19N3O6S/c1-12-6-13(2)8-15(7-12)22-19(25)11-23-20(26)18(31-21(23)27)10-14-4-5-17(30-3)16(9-14)24(28)29/h4-10H,11H2,1-3H3,(H,22,25)/b18-10+. The molecule has 0 aromatic heterocycles. The Kier molecular flexibility index (Phi) is 6.40. The first-order chi connectivity index (χ1) is 14.7. The number of thioether (sulfide) groups is 1. The molecule has 1 fully saturated rings. The van der Waals surface area contributed by atoms with Gasteiger partial charge in [-0.1, -0.05) is 12.1 Å². The van der Waals surface area contributed by atoms with Crippen molar-refractivity contribution in [2.45, 2.75) is 13.8 Å². The number of hydrogen-bond acceptors (Lipinski definition) is 7. The highest BCUT2D eigenvalue weighted by atomic mass is 32.2. The molecule has 0 aliphatic carbocycles. The lowest BCUT2D eigenvalue weighted by Crippen LogP contribution is -2.36. The Balaban J connectivity index is 1.75. The molecule has 9 nitrogen and oxygen atoms in total. The fourth-order valence-electron chi connectivity index (χ4n) is 3.12. The lowest BCUT2D eigenvalue weighted by atomic mass is 10.1. The Morgan fingerprint density at radius 2 is 1.87 bits per heavy atom. The van der Waals surface area contributed by atoms with Gasteiger partial charge in [0.15, 0.2) is 5.75 Å². The first-order valence-electron chi connectivity index (χ1n) is 9.14. The minimum absolute atomic E-state index is 0.0728. The predicted octanol–water partition coefficient (Wildman–Crippen LogP) is 3.90. The summed E-state index contributed by atoms with van der Waals surface area (Å²) < 4.78 is 4.95. The molecule has 2 aromatic rings. The Morgan fingerprint density at radius 1 is 1.19 bits per heavy atom. The van der Waals surface area contributed by atoms with Crippen LogP contribution in [0, 0.1) is 24.0 Å². The van der Waals surface area contributed by atoms with Gasteiger partial charge >= 0.3 is 5.69 Å². The zero-order chi connectivity index (χ0) is 22.7. The average molecular weight is 441 g/mol. The van der Waals surface area contributed by atoms with E-state index in [0.717, 1.165) is 16.0 Å². The van der Waals surface area contributed by atoms with Gasteiger partial charge < -0.3 is 10.1 Å². The van der Waals surface area contributed by atoms with E-state index in [-0.39, 0.29) is 16.3 Å². The molecular weight excluding hydrogens is 422 g/mol. The van der Waals surface area contributed by atoms with Gasteiger partial charge in [-0.15, -0.1) is 0 Å². The topological polar surface area (TPSA) is 119 Å². The molecule has 2 aromatic carbocycles. The van der Waals surface area contributed by atoms with E-state index in [1.54, 1.807) is 12.1 Å². The quantitative estimate of drug-likeness (QED) is 0.410. The summed E-state index contributed by atoms with van der Waals surface area (Å²) in [5.74, 6) is -1.06. The molecule has 0 atom stereocenters. The minimum atomic E-state index is -0.635. The first-order valence-corrected chi connectivity index (χ1v) is 9.95. The van der Waals surface area contributed by atoms with Gasteiger partial charge in [-0.2, -0.15) is 0 Å². The van der Waals surface area contributed by atoms with Crippen molar-refractivity contribution in [3.05, 3.63) is 68.1 Å². The number of amides is 3. The summed E-state index contributed by atoms with van der Waals surface area (Å²) in [5, 5.41) is 13.3. The zero-order valence-corrected chi connectivity index (χ0v) is 17.8. The molecule has 0 bridgehead atoms. The lowest BCUT2D eigenvalue weighted by molar-refractivity contribution is -0.385. The number of imide groups is 1. The van der Waals surface area contributed by atoms with Crippen LogP contribution >= 0.6 is 11.8 Å². The van der Waals surface area contributed by atoms with Crippen LogP contribution in [0.2, 0.25) is 0 Å². The van der Waals surface area contributed by atoms with E-state index in [0.29, 0.717) is 23.0 Å². The highest BCUT2D eigenvalue weighted by Gasteiger charge is 2.36. The van der Waals surface area contributed by atoms with Crippen LogP contribution in [-0.4, -0.2) is 40.5 Å². The molecule has 0 radical (unpaired) electrons. The van der Waals surface area contributed by atoms with Crippen LogP contribution in [-0.2, 0) is 9.59 Å². The van der Waals surface area contributed by atoms with Gasteiger partial charge in [-0.3, -0.25) is 29.4 Å². The van der Waals surface area contributed by atoms with Crippen molar-refractivity contribution in [1.29, 1.82) is 0 Å². The number of nitro benzene ring substituents is 1. The number of nitrogens with one attached hydrogen (secondary N) is 1. The summed E-state index contributed by atoms with van der Waals surface area (Å²) in [6.45, 7) is 3.36. The largest absolute Gasteiger partial charge is 0.490 e. The second kappa shape index (κ2) is 9.00. The zero-order valence-electron chi connectivity index (χ0n) is 17.0. The smallest absolute Gasteiger partial charge is 0.311 e. The fourth-order valence-corrected chi connectivity index (χ4v) is 3.96. The van der Waals surface area contributed by atoms with E-state index in [1.807, 2.05) is 19.9 Å². The molecule has 0 saturated carbocycles. The van der Waals surface area contributed by atoms with Crippen molar-refractivity contribution in [2.24, 2.45) is 0 Å². The second-order valence-electron chi connectivity index (χ2n) is 6.88. The average Bonchev–Trinajstić information content (AvgIpc) is 2.94. The second-order valence-corrected chi connectivity index (χ2v) is 7.87. The maximum Gasteiger partial charge on any atom is 0.311 e. The summed E-state index contributed by atoms with van der Waals surface area (Å²) in [6, 6.07) is 9.72. The predicted molar refractivity (Wildman–Crippen MR) is 117 cm³/mol. The Hall–Kier alpha value is -3.66. The molecule has 31 heavy (non-hydrogen) atoms. The summed E-state index contributed by atoms with van der Waals surface area (Å²) >= 11 is 0.671.